The number of H-pyrrole nitrogens is 1. The standard InChI is InChI=1S/C15H19N3O3/c1-10-12(9-17-18-10)15(19)16-7-6-11-4-5-13(20-2)14(8-11)21-3/h4-5,8-9H,6-7H2,1-3H3,(H,16,19)(H,17,18). The molecule has 0 bridgehead atoms. The average molecular weight is 289 g/mol. The van der Waals surface area contributed by atoms with E-state index in [-0.39, 0.29) is 5.91 Å². The van der Waals surface area contributed by atoms with Gasteiger partial charge in [0.15, 0.2) is 11.5 Å². The van der Waals surface area contributed by atoms with Crippen molar-refractivity contribution in [1.29, 1.82) is 0 Å². The molecule has 0 atom stereocenters. The van der Waals surface area contributed by atoms with Crippen LogP contribution >= 0.6 is 0 Å². The van der Waals surface area contributed by atoms with E-state index >= 15 is 0 Å². The minimum absolute atomic E-state index is 0.123. The van der Waals surface area contributed by atoms with Crippen molar-refractivity contribution in [3.8, 4) is 11.5 Å². The lowest BCUT2D eigenvalue weighted by Gasteiger charge is -2.10. The normalized spacial score (nSPS) is 10.2. The lowest BCUT2D eigenvalue weighted by atomic mass is 10.1. The number of ether oxygens (including phenoxy) is 2. The molecule has 0 aliphatic heterocycles. The van der Waals surface area contributed by atoms with Gasteiger partial charge in [0.2, 0.25) is 0 Å². The fourth-order valence-corrected chi connectivity index (χ4v) is 2.03. The van der Waals surface area contributed by atoms with E-state index in [1.54, 1.807) is 14.2 Å². The molecule has 0 spiro atoms. The molecule has 0 aliphatic carbocycles. The van der Waals surface area contributed by atoms with E-state index in [1.807, 2.05) is 25.1 Å². The molecule has 1 amide bonds. The van der Waals surface area contributed by atoms with Gasteiger partial charge in [0, 0.05) is 12.2 Å². The highest BCUT2D eigenvalue weighted by Crippen LogP contribution is 2.27. The molecule has 112 valence electrons. The van der Waals surface area contributed by atoms with Crippen LogP contribution in [-0.2, 0) is 6.42 Å². The van der Waals surface area contributed by atoms with Crippen LogP contribution in [0.2, 0.25) is 0 Å². The number of methoxy groups -OCH3 is 2. The van der Waals surface area contributed by atoms with Crippen LogP contribution < -0.4 is 14.8 Å². The van der Waals surface area contributed by atoms with Crippen LogP contribution in [0.25, 0.3) is 0 Å². The molecule has 0 radical (unpaired) electrons. The summed E-state index contributed by atoms with van der Waals surface area (Å²) in [5.41, 5.74) is 2.40. The summed E-state index contributed by atoms with van der Waals surface area (Å²) >= 11 is 0. The number of carbonyl (C=O) groups excluding carboxylic acids is 1. The lowest BCUT2D eigenvalue weighted by Crippen LogP contribution is -2.25. The van der Waals surface area contributed by atoms with Gasteiger partial charge in [-0.2, -0.15) is 5.10 Å². The first-order chi connectivity index (χ1) is 10.2. The van der Waals surface area contributed by atoms with Gasteiger partial charge in [0.05, 0.1) is 26.0 Å². The van der Waals surface area contributed by atoms with Crippen molar-refractivity contribution in [2.24, 2.45) is 0 Å². The van der Waals surface area contributed by atoms with Crippen LogP contribution in [0.5, 0.6) is 11.5 Å². The largest absolute Gasteiger partial charge is 0.493 e. The first-order valence-corrected chi connectivity index (χ1v) is 6.64. The predicted octanol–water partition coefficient (Wildman–Crippen LogP) is 1.71. The number of benzene rings is 1. The Hall–Kier alpha value is -2.50. The van der Waals surface area contributed by atoms with Gasteiger partial charge >= 0.3 is 0 Å². The lowest BCUT2D eigenvalue weighted by molar-refractivity contribution is 0.0953. The number of carbonyl (C=O) groups is 1. The van der Waals surface area contributed by atoms with Crippen LogP contribution in [0.4, 0.5) is 0 Å². The minimum atomic E-state index is -0.123. The Morgan fingerprint density at radius 3 is 2.67 bits per heavy atom. The second kappa shape index (κ2) is 6.78. The Bertz CT molecular complexity index is 622. The summed E-state index contributed by atoms with van der Waals surface area (Å²) in [5.74, 6) is 1.26. The Kier molecular flexibility index (Phi) is 4.81. The minimum Gasteiger partial charge on any atom is -0.493 e. The van der Waals surface area contributed by atoms with E-state index in [0.717, 1.165) is 11.3 Å². The zero-order valence-corrected chi connectivity index (χ0v) is 12.4. The summed E-state index contributed by atoms with van der Waals surface area (Å²) in [6.07, 6.45) is 2.24. The van der Waals surface area contributed by atoms with Gasteiger partial charge in [-0.05, 0) is 31.0 Å². The number of nitrogens with zero attached hydrogens (tertiary/aromatic N) is 1. The van der Waals surface area contributed by atoms with Crippen molar-refractivity contribution in [3.63, 3.8) is 0 Å². The topological polar surface area (TPSA) is 76.2 Å². The van der Waals surface area contributed by atoms with E-state index in [4.69, 9.17) is 9.47 Å². The van der Waals surface area contributed by atoms with Crippen molar-refractivity contribution in [2.75, 3.05) is 20.8 Å². The number of rotatable bonds is 6. The van der Waals surface area contributed by atoms with Crippen LogP contribution in [0.3, 0.4) is 0 Å². The van der Waals surface area contributed by atoms with E-state index in [1.165, 1.54) is 6.20 Å². The number of hydrogen-bond donors (Lipinski definition) is 2. The Balaban J connectivity index is 1.92. The van der Waals surface area contributed by atoms with E-state index < -0.39 is 0 Å². The highest BCUT2D eigenvalue weighted by Gasteiger charge is 2.10. The summed E-state index contributed by atoms with van der Waals surface area (Å²) in [6.45, 7) is 2.36. The third kappa shape index (κ3) is 3.53. The number of aryl methyl sites for hydroxylation is 1. The second-order valence-corrected chi connectivity index (χ2v) is 4.60. The van der Waals surface area contributed by atoms with E-state index in [0.29, 0.717) is 30.0 Å². The molecule has 0 fully saturated rings. The van der Waals surface area contributed by atoms with Gasteiger partial charge in [0.25, 0.3) is 5.91 Å². The molecule has 2 aromatic rings. The molecule has 1 aromatic heterocycles. The van der Waals surface area contributed by atoms with Crippen molar-refractivity contribution in [3.05, 3.63) is 41.2 Å². The van der Waals surface area contributed by atoms with E-state index in [2.05, 4.69) is 15.5 Å². The van der Waals surface area contributed by atoms with Crippen molar-refractivity contribution in [2.45, 2.75) is 13.3 Å². The van der Waals surface area contributed by atoms with Crippen LogP contribution in [-0.4, -0.2) is 36.9 Å². The molecule has 6 heteroatoms. The highest BCUT2D eigenvalue weighted by molar-refractivity contribution is 5.94. The maximum Gasteiger partial charge on any atom is 0.254 e. The monoisotopic (exact) mass is 289 g/mol. The van der Waals surface area contributed by atoms with Crippen molar-refractivity contribution in [1.82, 2.24) is 15.5 Å². The van der Waals surface area contributed by atoms with Gasteiger partial charge in [-0.3, -0.25) is 9.89 Å². The van der Waals surface area contributed by atoms with Crippen molar-refractivity contribution < 1.29 is 14.3 Å². The fourth-order valence-electron chi connectivity index (χ4n) is 2.03. The third-order valence-corrected chi connectivity index (χ3v) is 3.22. The molecule has 1 aromatic carbocycles. The number of amides is 1. The maximum atomic E-state index is 11.9. The van der Waals surface area contributed by atoms with Gasteiger partial charge in [-0.25, -0.2) is 0 Å². The summed E-state index contributed by atoms with van der Waals surface area (Å²) in [4.78, 5) is 11.9. The Labute approximate surface area is 123 Å². The highest BCUT2D eigenvalue weighted by atomic mass is 16.5. The number of nitrogens with one attached hydrogen (secondary N) is 2. The molecule has 1 heterocycles. The number of aromatic amines is 1. The summed E-state index contributed by atoms with van der Waals surface area (Å²) in [6, 6.07) is 5.72. The third-order valence-electron chi connectivity index (χ3n) is 3.22. The zero-order valence-electron chi connectivity index (χ0n) is 12.4. The number of hydrogen-bond acceptors (Lipinski definition) is 4. The van der Waals surface area contributed by atoms with Crippen molar-refractivity contribution >= 4 is 5.91 Å². The van der Waals surface area contributed by atoms with Crippen LogP contribution in [0, 0.1) is 6.92 Å². The van der Waals surface area contributed by atoms with Gasteiger partial charge in [0.1, 0.15) is 0 Å². The molecular formula is C15H19N3O3. The molecule has 0 aliphatic rings. The molecular weight excluding hydrogens is 270 g/mol. The van der Waals surface area contributed by atoms with Gasteiger partial charge < -0.3 is 14.8 Å². The predicted molar refractivity (Wildman–Crippen MR) is 78.9 cm³/mol. The molecule has 2 N–H and O–H groups in total. The second-order valence-electron chi connectivity index (χ2n) is 4.60. The van der Waals surface area contributed by atoms with Crippen LogP contribution in [0.1, 0.15) is 21.6 Å². The molecule has 0 unspecified atom stereocenters. The van der Waals surface area contributed by atoms with Gasteiger partial charge in [-0.1, -0.05) is 6.07 Å². The Morgan fingerprint density at radius 1 is 1.29 bits per heavy atom. The maximum absolute atomic E-state index is 11.9. The first kappa shape index (κ1) is 14.9. The van der Waals surface area contributed by atoms with Crippen LogP contribution in [0.15, 0.2) is 24.4 Å². The van der Waals surface area contributed by atoms with E-state index in [9.17, 15) is 4.79 Å². The Morgan fingerprint density at radius 2 is 2.05 bits per heavy atom. The molecule has 21 heavy (non-hydrogen) atoms. The molecule has 2 rings (SSSR count). The fraction of sp³-hybridized carbons (Fsp3) is 0.333. The molecule has 0 saturated carbocycles. The average Bonchev–Trinajstić information content (AvgIpc) is 2.93. The number of aromatic nitrogens is 2. The van der Waals surface area contributed by atoms with Gasteiger partial charge in [-0.15, -0.1) is 0 Å². The quantitative estimate of drug-likeness (QED) is 0.848. The smallest absolute Gasteiger partial charge is 0.254 e. The summed E-state index contributed by atoms with van der Waals surface area (Å²) < 4.78 is 10.4. The first-order valence-electron chi connectivity index (χ1n) is 6.64. The molecule has 0 saturated heterocycles. The summed E-state index contributed by atoms with van der Waals surface area (Å²) in [5, 5.41) is 9.45. The SMILES string of the molecule is COc1ccc(CCNC(=O)c2cn[nH]c2C)cc1OC. The summed E-state index contributed by atoms with van der Waals surface area (Å²) in [7, 11) is 3.20. The molecule has 6 nitrogen and oxygen atoms in total. The zero-order chi connectivity index (χ0) is 15.2.